The molecule has 0 aliphatic heterocycles. The van der Waals surface area contributed by atoms with Crippen LogP contribution in [-0.2, 0) is 11.2 Å². The zero-order valence-electron chi connectivity index (χ0n) is 11.6. The predicted molar refractivity (Wildman–Crippen MR) is 81.0 cm³/mol. The van der Waals surface area contributed by atoms with E-state index in [4.69, 9.17) is 5.11 Å². The van der Waals surface area contributed by atoms with Gasteiger partial charge in [0, 0.05) is 11.7 Å². The lowest BCUT2D eigenvalue weighted by Gasteiger charge is -2.30. The van der Waals surface area contributed by atoms with Crippen molar-refractivity contribution in [1.29, 1.82) is 0 Å². The van der Waals surface area contributed by atoms with Gasteiger partial charge in [0.25, 0.3) is 0 Å². The summed E-state index contributed by atoms with van der Waals surface area (Å²) in [5.74, 6) is -0.811. The van der Waals surface area contributed by atoms with Crippen molar-refractivity contribution in [2.45, 2.75) is 19.4 Å². The van der Waals surface area contributed by atoms with E-state index < -0.39 is 5.97 Å². The van der Waals surface area contributed by atoms with Crippen LogP contribution in [0.15, 0.2) is 60.7 Å². The van der Waals surface area contributed by atoms with Crippen LogP contribution in [0.4, 0.5) is 5.69 Å². The van der Waals surface area contributed by atoms with Crippen molar-refractivity contribution in [2.24, 2.45) is 0 Å². The van der Waals surface area contributed by atoms with Crippen LogP contribution in [0, 0.1) is 0 Å². The van der Waals surface area contributed by atoms with E-state index in [1.165, 1.54) is 5.56 Å². The zero-order chi connectivity index (χ0) is 14.4. The van der Waals surface area contributed by atoms with E-state index >= 15 is 0 Å². The van der Waals surface area contributed by atoms with Gasteiger partial charge in [-0.1, -0.05) is 48.5 Å². The lowest BCUT2D eigenvalue weighted by Crippen LogP contribution is -2.38. The molecule has 0 saturated heterocycles. The number of aliphatic carboxylic acids is 1. The van der Waals surface area contributed by atoms with Gasteiger partial charge in [-0.2, -0.15) is 0 Å². The smallest absolute Gasteiger partial charge is 0.323 e. The molecule has 2 aromatic carbocycles. The number of carbonyl (C=O) groups is 1. The maximum atomic E-state index is 11.1. The molecule has 0 heterocycles. The first kappa shape index (κ1) is 14.1. The SMILES string of the molecule is CC(Cc1ccccc1)N(CC(=O)O)c1ccccc1. The number of carboxylic acids is 1. The fourth-order valence-corrected chi connectivity index (χ4v) is 2.33. The van der Waals surface area contributed by atoms with Crippen molar-refractivity contribution in [3.63, 3.8) is 0 Å². The van der Waals surface area contributed by atoms with Crippen LogP contribution in [0.2, 0.25) is 0 Å². The molecule has 0 saturated carbocycles. The largest absolute Gasteiger partial charge is 0.480 e. The molecule has 1 unspecified atom stereocenters. The van der Waals surface area contributed by atoms with Gasteiger partial charge in [0.05, 0.1) is 0 Å². The summed E-state index contributed by atoms with van der Waals surface area (Å²) in [5.41, 5.74) is 2.16. The summed E-state index contributed by atoms with van der Waals surface area (Å²) < 4.78 is 0. The number of hydrogen-bond donors (Lipinski definition) is 1. The highest BCUT2D eigenvalue weighted by molar-refractivity contribution is 5.74. The van der Waals surface area contributed by atoms with E-state index in [-0.39, 0.29) is 12.6 Å². The monoisotopic (exact) mass is 269 g/mol. The topological polar surface area (TPSA) is 40.5 Å². The molecule has 2 aromatic rings. The highest BCUT2D eigenvalue weighted by Gasteiger charge is 2.17. The molecule has 3 nitrogen and oxygen atoms in total. The Balaban J connectivity index is 2.16. The number of rotatable bonds is 6. The molecule has 20 heavy (non-hydrogen) atoms. The van der Waals surface area contributed by atoms with Crippen molar-refractivity contribution in [3.05, 3.63) is 66.2 Å². The average Bonchev–Trinajstić information content (AvgIpc) is 2.46. The Morgan fingerprint density at radius 1 is 1.05 bits per heavy atom. The minimum Gasteiger partial charge on any atom is -0.480 e. The zero-order valence-corrected chi connectivity index (χ0v) is 11.6. The molecule has 3 heteroatoms. The van der Waals surface area contributed by atoms with Crippen molar-refractivity contribution in [2.75, 3.05) is 11.4 Å². The third-order valence-corrected chi connectivity index (χ3v) is 3.30. The van der Waals surface area contributed by atoms with Crippen LogP contribution in [0.25, 0.3) is 0 Å². The van der Waals surface area contributed by atoms with Crippen LogP contribution < -0.4 is 4.90 Å². The van der Waals surface area contributed by atoms with Gasteiger partial charge in [0.15, 0.2) is 0 Å². The molecule has 104 valence electrons. The summed E-state index contributed by atoms with van der Waals surface area (Å²) in [7, 11) is 0. The maximum absolute atomic E-state index is 11.1. The molecular formula is C17H19NO2. The Bertz CT molecular complexity index is 539. The number of nitrogens with zero attached hydrogens (tertiary/aromatic N) is 1. The van der Waals surface area contributed by atoms with Gasteiger partial charge < -0.3 is 10.0 Å². The van der Waals surface area contributed by atoms with E-state index in [0.29, 0.717) is 0 Å². The summed E-state index contributed by atoms with van der Waals surface area (Å²) in [6.07, 6.45) is 0.822. The first-order valence-corrected chi connectivity index (χ1v) is 6.74. The van der Waals surface area contributed by atoms with E-state index in [0.717, 1.165) is 12.1 Å². The van der Waals surface area contributed by atoms with Crippen LogP contribution >= 0.6 is 0 Å². The molecule has 0 amide bonds. The molecule has 0 aliphatic carbocycles. The lowest BCUT2D eigenvalue weighted by atomic mass is 10.1. The molecule has 1 atom stereocenters. The van der Waals surface area contributed by atoms with E-state index in [9.17, 15) is 4.79 Å². The summed E-state index contributed by atoms with van der Waals surface area (Å²) >= 11 is 0. The molecule has 1 N–H and O–H groups in total. The Hall–Kier alpha value is -2.29. The predicted octanol–water partition coefficient (Wildman–Crippen LogP) is 3.21. The minimum absolute atomic E-state index is 0.0119. The molecular weight excluding hydrogens is 250 g/mol. The van der Waals surface area contributed by atoms with Crippen LogP contribution in [0.5, 0.6) is 0 Å². The molecule has 0 aromatic heterocycles. The van der Waals surface area contributed by atoms with Crippen molar-refractivity contribution < 1.29 is 9.90 Å². The first-order chi connectivity index (χ1) is 9.66. The van der Waals surface area contributed by atoms with Crippen molar-refractivity contribution >= 4 is 11.7 Å². The molecule has 2 rings (SSSR count). The van der Waals surface area contributed by atoms with Gasteiger partial charge in [-0.25, -0.2) is 0 Å². The van der Waals surface area contributed by atoms with Gasteiger partial charge in [-0.05, 0) is 31.0 Å². The summed E-state index contributed by atoms with van der Waals surface area (Å²) in [4.78, 5) is 13.0. The second kappa shape index (κ2) is 6.75. The number of hydrogen-bond acceptors (Lipinski definition) is 2. The highest BCUT2D eigenvalue weighted by atomic mass is 16.4. The summed E-state index contributed by atoms with van der Waals surface area (Å²) in [6, 6.07) is 20.0. The molecule has 0 fully saturated rings. The first-order valence-electron chi connectivity index (χ1n) is 6.74. The van der Waals surface area contributed by atoms with Gasteiger partial charge in [0.2, 0.25) is 0 Å². The standard InChI is InChI=1S/C17H19NO2/c1-14(12-15-8-4-2-5-9-15)18(13-17(19)20)16-10-6-3-7-11-16/h2-11,14H,12-13H2,1H3,(H,19,20). The normalized spacial score (nSPS) is 11.8. The van der Waals surface area contributed by atoms with Gasteiger partial charge >= 0.3 is 5.97 Å². The van der Waals surface area contributed by atoms with Crippen LogP contribution in [0.3, 0.4) is 0 Å². The second-order valence-electron chi connectivity index (χ2n) is 4.90. The second-order valence-corrected chi connectivity index (χ2v) is 4.90. The summed E-state index contributed by atoms with van der Waals surface area (Å²) in [5, 5.41) is 9.12. The van der Waals surface area contributed by atoms with E-state index in [1.807, 2.05) is 53.4 Å². The van der Waals surface area contributed by atoms with Gasteiger partial charge in [-0.15, -0.1) is 0 Å². The maximum Gasteiger partial charge on any atom is 0.323 e. The average molecular weight is 269 g/mol. The fraction of sp³-hybridized carbons (Fsp3) is 0.235. The number of anilines is 1. The van der Waals surface area contributed by atoms with Crippen molar-refractivity contribution in [3.8, 4) is 0 Å². The highest BCUT2D eigenvalue weighted by Crippen LogP contribution is 2.18. The Labute approximate surface area is 119 Å². The Morgan fingerprint density at radius 3 is 2.15 bits per heavy atom. The quantitative estimate of drug-likeness (QED) is 0.875. The molecule has 0 aliphatic rings. The number of carboxylic acid groups (broad SMARTS) is 1. The molecule has 0 spiro atoms. The molecule has 0 bridgehead atoms. The number of para-hydroxylation sites is 1. The Morgan fingerprint density at radius 2 is 1.60 bits per heavy atom. The van der Waals surface area contributed by atoms with Crippen molar-refractivity contribution in [1.82, 2.24) is 0 Å². The number of benzene rings is 2. The minimum atomic E-state index is -0.811. The van der Waals surface area contributed by atoms with E-state index in [1.54, 1.807) is 0 Å². The van der Waals surface area contributed by atoms with E-state index in [2.05, 4.69) is 19.1 Å². The Kier molecular flexibility index (Phi) is 4.77. The summed E-state index contributed by atoms with van der Waals surface area (Å²) in [6.45, 7) is 2.07. The third kappa shape index (κ3) is 3.85. The van der Waals surface area contributed by atoms with Crippen LogP contribution in [0.1, 0.15) is 12.5 Å². The van der Waals surface area contributed by atoms with Gasteiger partial charge in [-0.3, -0.25) is 4.79 Å². The molecule has 0 radical (unpaired) electrons. The van der Waals surface area contributed by atoms with Gasteiger partial charge in [0.1, 0.15) is 6.54 Å². The fourth-order valence-electron chi connectivity index (χ4n) is 2.33. The van der Waals surface area contributed by atoms with Crippen LogP contribution in [-0.4, -0.2) is 23.7 Å². The lowest BCUT2D eigenvalue weighted by molar-refractivity contribution is -0.135. The third-order valence-electron chi connectivity index (χ3n) is 3.30.